The molecule has 0 unspecified atom stereocenters. The first-order valence-corrected chi connectivity index (χ1v) is 21.7. The molecular weight excluding hydrogens is 759 g/mol. The van der Waals surface area contributed by atoms with Crippen LogP contribution in [0.3, 0.4) is 0 Å². The summed E-state index contributed by atoms with van der Waals surface area (Å²) in [5, 5.41) is 4.99. The van der Waals surface area contributed by atoms with E-state index in [4.69, 9.17) is 0 Å². The topological polar surface area (TPSA) is 3.24 Å². The van der Waals surface area contributed by atoms with Crippen LogP contribution in [-0.4, -0.2) is 0 Å². The van der Waals surface area contributed by atoms with E-state index in [2.05, 4.69) is 266 Å². The van der Waals surface area contributed by atoms with Crippen molar-refractivity contribution in [3.63, 3.8) is 0 Å². The van der Waals surface area contributed by atoms with Crippen LogP contribution in [-0.2, 0) is 0 Å². The van der Waals surface area contributed by atoms with Crippen molar-refractivity contribution in [2.24, 2.45) is 0 Å². The summed E-state index contributed by atoms with van der Waals surface area (Å²) < 4.78 is 0. The highest BCUT2D eigenvalue weighted by Gasteiger charge is 2.20. The molecule has 0 amide bonds. The molecule has 1 nitrogen and oxygen atoms in total. The Kier molecular flexibility index (Phi) is 9.97. The van der Waals surface area contributed by atoms with Crippen molar-refractivity contribution in [1.82, 2.24) is 0 Å². The first-order valence-electron chi connectivity index (χ1n) is 21.7. The molecule has 11 rings (SSSR count). The van der Waals surface area contributed by atoms with Gasteiger partial charge in [0.05, 0.1) is 5.69 Å². The highest BCUT2D eigenvalue weighted by molar-refractivity contribution is 6.04. The van der Waals surface area contributed by atoms with E-state index in [1.807, 2.05) is 0 Å². The maximum atomic E-state index is 2.41. The van der Waals surface area contributed by atoms with Crippen molar-refractivity contribution in [3.8, 4) is 66.8 Å². The minimum absolute atomic E-state index is 1.08. The van der Waals surface area contributed by atoms with E-state index in [0.717, 1.165) is 28.2 Å². The molecule has 0 saturated carbocycles. The average Bonchev–Trinajstić information content (AvgIpc) is 3.37. The normalized spacial score (nSPS) is 11.2. The summed E-state index contributed by atoms with van der Waals surface area (Å²) in [6, 6.07) is 94.7. The van der Waals surface area contributed by atoms with Gasteiger partial charge in [-0.3, -0.25) is 0 Å². The Labute approximate surface area is 369 Å². The molecule has 11 aromatic carbocycles. The summed E-state index contributed by atoms with van der Waals surface area (Å²) in [5.74, 6) is 0. The Bertz CT molecular complexity index is 3350. The van der Waals surface area contributed by atoms with Crippen LogP contribution in [0.2, 0.25) is 0 Å². The fraction of sp³-hybridized carbons (Fsp3) is 0. The van der Waals surface area contributed by atoms with Gasteiger partial charge in [-0.15, -0.1) is 0 Å². The van der Waals surface area contributed by atoms with E-state index >= 15 is 0 Å². The van der Waals surface area contributed by atoms with Crippen molar-refractivity contribution in [2.45, 2.75) is 0 Å². The molecule has 0 saturated heterocycles. The maximum absolute atomic E-state index is 2.41. The van der Waals surface area contributed by atoms with Gasteiger partial charge in [0.1, 0.15) is 0 Å². The van der Waals surface area contributed by atoms with Crippen LogP contribution >= 0.6 is 0 Å². The van der Waals surface area contributed by atoms with Crippen LogP contribution in [0.1, 0.15) is 0 Å². The average molecular weight is 802 g/mol. The molecule has 11 aromatic rings. The Morgan fingerprint density at radius 1 is 0.222 bits per heavy atom. The van der Waals surface area contributed by atoms with Gasteiger partial charge in [-0.2, -0.15) is 0 Å². The number of hydrogen-bond donors (Lipinski definition) is 0. The van der Waals surface area contributed by atoms with E-state index in [9.17, 15) is 0 Å². The fourth-order valence-corrected chi connectivity index (χ4v) is 9.09. The fourth-order valence-electron chi connectivity index (χ4n) is 9.09. The van der Waals surface area contributed by atoms with Crippen LogP contribution in [0.5, 0.6) is 0 Å². The standard InChI is InChI=1S/C62H43N/c1-4-15-44(16-5-1)55-34-40-61(60(43-55)47-18-6-2-7-19-47)63(56-35-29-46(30-36-56)52-24-14-25-53(41-52)54-28-27-45-17-10-11-23-51(45)42-54)57-37-31-49(32-38-57)59-39-33-48-20-12-13-26-58(48)62(59)50-21-8-3-9-22-50/h1-43H. The minimum atomic E-state index is 1.08. The molecule has 63 heavy (non-hydrogen) atoms. The Morgan fingerprint density at radius 3 is 1.37 bits per heavy atom. The number of fused-ring (bicyclic) bond motifs is 2. The van der Waals surface area contributed by atoms with Crippen LogP contribution in [0.4, 0.5) is 17.1 Å². The van der Waals surface area contributed by atoms with Crippen LogP contribution in [0, 0.1) is 0 Å². The summed E-state index contributed by atoms with van der Waals surface area (Å²) in [6.07, 6.45) is 0. The van der Waals surface area contributed by atoms with Gasteiger partial charge in [-0.25, -0.2) is 0 Å². The third kappa shape index (κ3) is 7.47. The van der Waals surface area contributed by atoms with Crippen molar-refractivity contribution in [1.29, 1.82) is 0 Å². The van der Waals surface area contributed by atoms with Crippen LogP contribution < -0.4 is 4.90 Å². The van der Waals surface area contributed by atoms with Gasteiger partial charge in [-0.05, 0) is 131 Å². The monoisotopic (exact) mass is 801 g/mol. The molecule has 0 fully saturated rings. The van der Waals surface area contributed by atoms with Gasteiger partial charge >= 0.3 is 0 Å². The molecule has 0 aliphatic carbocycles. The number of hydrogen-bond acceptors (Lipinski definition) is 1. The molecule has 0 aliphatic heterocycles. The molecule has 0 aromatic heterocycles. The van der Waals surface area contributed by atoms with Crippen molar-refractivity contribution < 1.29 is 0 Å². The molecule has 1 heteroatoms. The summed E-state index contributed by atoms with van der Waals surface area (Å²) in [4.78, 5) is 2.41. The van der Waals surface area contributed by atoms with Gasteiger partial charge in [0.15, 0.2) is 0 Å². The maximum Gasteiger partial charge on any atom is 0.0540 e. The van der Waals surface area contributed by atoms with E-state index in [0.29, 0.717) is 0 Å². The van der Waals surface area contributed by atoms with Gasteiger partial charge in [-0.1, -0.05) is 212 Å². The van der Waals surface area contributed by atoms with Crippen molar-refractivity contribution >= 4 is 38.6 Å². The number of anilines is 3. The molecule has 296 valence electrons. The second-order valence-corrected chi connectivity index (χ2v) is 16.1. The SMILES string of the molecule is c1ccc(-c2ccc(N(c3ccc(-c4cccc(-c5ccc6ccccc6c5)c4)cc3)c3ccc(-c4ccc5ccccc5c4-c4ccccc4)cc3)c(-c3ccccc3)c2)cc1. The predicted molar refractivity (Wildman–Crippen MR) is 269 cm³/mol. The van der Waals surface area contributed by atoms with Gasteiger partial charge in [0, 0.05) is 16.9 Å². The van der Waals surface area contributed by atoms with Gasteiger partial charge < -0.3 is 4.90 Å². The van der Waals surface area contributed by atoms with E-state index < -0.39 is 0 Å². The molecule has 0 N–H and O–H groups in total. The minimum Gasteiger partial charge on any atom is -0.310 e. The van der Waals surface area contributed by atoms with Crippen molar-refractivity contribution in [2.75, 3.05) is 4.90 Å². The molecule has 0 bridgehead atoms. The summed E-state index contributed by atoms with van der Waals surface area (Å²) in [6.45, 7) is 0. The lowest BCUT2D eigenvalue weighted by molar-refractivity contribution is 1.28. The lowest BCUT2D eigenvalue weighted by atomic mass is 9.89. The lowest BCUT2D eigenvalue weighted by Gasteiger charge is -2.29. The number of nitrogens with zero attached hydrogens (tertiary/aromatic N) is 1. The summed E-state index contributed by atoms with van der Waals surface area (Å²) in [7, 11) is 0. The van der Waals surface area contributed by atoms with Crippen LogP contribution in [0.25, 0.3) is 88.3 Å². The van der Waals surface area contributed by atoms with Crippen LogP contribution in [0.15, 0.2) is 261 Å². The lowest BCUT2D eigenvalue weighted by Crippen LogP contribution is -2.11. The molecule has 0 heterocycles. The van der Waals surface area contributed by atoms with Crippen molar-refractivity contribution in [3.05, 3.63) is 261 Å². The predicted octanol–water partition coefficient (Wildman–Crippen LogP) is 17.5. The Balaban J connectivity index is 1.03. The smallest absolute Gasteiger partial charge is 0.0540 e. The Morgan fingerprint density at radius 2 is 0.667 bits per heavy atom. The third-order valence-corrected chi connectivity index (χ3v) is 12.3. The van der Waals surface area contributed by atoms with Gasteiger partial charge in [0.2, 0.25) is 0 Å². The molecule has 0 atom stereocenters. The Hall–Kier alpha value is -8.26. The zero-order valence-corrected chi connectivity index (χ0v) is 34.8. The summed E-state index contributed by atoms with van der Waals surface area (Å²) >= 11 is 0. The second kappa shape index (κ2) is 16.7. The molecular formula is C62H43N. The van der Waals surface area contributed by atoms with E-state index in [-0.39, 0.29) is 0 Å². The first kappa shape index (κ1) is 37.7. The van der Waals surface area contributed by atoms with E-state index in [1.54, 1.807) is 0 Å². The molecule has 0 spiro atoms. The zero-order chi connectivity index (χ0) is 42.0. The zero-order valence-electron chi connectivity index (χ0n) is 34.8. The highest BCUT2D eigenvalue weighted by atomic mass is 15.1. The van der Waals surface area contributed by atoms with Gasteiger partial charge in [0.25, 0.3) is 0 Å². The number of rotatable bonds is 9. The molecule has 0 radical (unpaired) electrons. The quantitative estimate of drug-likeness (QED) is 0.141. The second-order valence-electron chi connectivity index (χ2n) is 16.1. The highest BCUT2D eigenvalue weighted by Crippen LogP contribution is 2.45. The summed E-state index contributed by atoms with van der Waals surface area (Å²) in [5.41, 5.74) is 17.6. The largest absolute Gasteiger partial charge is 0.310 e. The third-order valence-electron chi connectivity index (χ3n) is 12.3. The molecule has 0 aliphatic rings. The first-order chi connectivity index (χ1) is 31.2. The number of benzene rings is 11. The van der Waals surface area contributed by atoms with E-state index in [1.165, 1.54) is 77.2 Å².